The molecule has 9 nitrogen and oxygen atoms in total. The Hall–Kier alpha value is -3.49. The van der Waals surface area contributed by atoms with E-state index >= 15 is 0 Å². The fourth-order valence-corrected chi connectivity index (χ4v) is 3.95. The number of amides is 1. The molecule has 0 aliphatic carbocycles. The Morgan fingerprint density at radius 2 is 1.90 bits per heavy atom. The predicted octanol–water partition coefficient (Wildman–Crippen LogP) is 2.76. The van der Waals surface area contributed by atoms with E-state index in [1.807, 2.05) is 18.2 Å². The van der Waals surface area contributed by atoms with E-state index in [9.17, 15) is 4.79 Å². The van der Waals surface area contributed by atoms with Crippen LogP contribution in [0.25, 0.3) is 5.82 Å². The van der Waals surface area contributed by atoms with Gasteiger partial charge in [-0.1, -0.05) is 0 Å². The molecule has 162 valence electrons. The molecule has 0 bridgehead atoms. The zero-order chi connectivity index (χ0) is 21.6. The second kappa shape index (κ2) is 9.55. The summed E-state index contributed by atoms with van der Waals surface area (Å²) >= 11 is 0. The number of hydrogen-bond acceptors (Lipinski definition) is 7. The van der Waals surface area contributed by atoms with Crippen LogP contribution in [0.4, 0.5) is 17.2 Å². The van der Waals surface area contributed by atoms with Crippen LogP contribution in [0.1, 0.15) is 26.7 Å². The van der Waals surface area contributed by atoms with Gasteiger partial charge < -0.3 is 15.1 Å². The zero-order valence-corrected chi connectivity index (χ0v) is 18.0. The molecule has 1 fully saturated rings. The average molecular weight is 421 g/mol. The fourth-order valence-electron chi connectivity index (χ4n) is 3.95. The largest absolute Gasteiger partial charge is 0.372 e. The molecule has 1 unspecified atom stereocenters. The maximum Gasteiger partial charge on any atom is 0.229 e. The Labute approximate surface area is 182 Å². The van der Waals surface area contributed by atoms with Crippen LogP contribution in [0.15, 0.2) is 49.3 Å². The van der Waals surface area contributed by atoms with Crippen molar-refractivity contribution in [2.24, 2.45) is 5.92 Å². The predicted molar refractivity (Wildman–Crippen MR) is 121 cm³/mol. The Bertz CT molecular complexity index is 985. The number of nitrogens with one attached hydrogen (secondary N) is 1. The number of carbonyl (C=O) groups excluding carboxylic acids is 1. The van der Waals surface area contributed by atoms with Crippen molar-refractivity contribution < 1.29 is 4.79 Å². The summed E-state index contributed by atoms with van der Waals surface area (Å²) in [4.78, 5) is 30.0. The van der Waals surface area contributed by atoms with Gasteiger partial charge in [-0.15, -0.1) is 0 Å². The van der Waals surface area contributed by atoms with Crippen LogP contribution >= 0.6 is 0 Å². The molecule has 1 aromatic carbocycles. The first-order valence-electron chi connectivity index (χ1n) is 10.8. The summed E-state index contributed by atoms with van der Waals surface area (Å²) < 4.78 is 1.60. The highest BCUT2D eigenvalue weighted by atomic mass is 16.1. The van der Waals surface area contributed by atoms with Crippen molar-refractivity contribution in [2.45, 2.75) is 26.7 Å². The first-order valence-corrected chi connectivity index (χ1v) is 10.8. The van der Waals surface area contributed by atoms with E-state index in [2.05, 4.69) is 61.1 Å². The van der Waals surface area contributed by atoms with Gasteiger partial charge >= 0.3 is 0 Å². The highest BCUT2D eigenvalue weighted by molar-refractivity contribution is 5.93. The highest BCUT2D eigenvalue weighted by Gasteiger charge is 2.27. The quantitative estimate of drug-likeness (QED) is 0.628. The first kappa shape index (κ1) is 20.8. The number of benzene rings is 1. The molecule has 31 heavy (non-hydrogen) atoms. The Balaban J connectivity index is 1.40. The van der Waals surface area contributed by atoms with Gasteiger partial charge in [0.05, 0.1) is 5.92 Å². The molecule has 1 atom stereocenters. The molecule has 2 aromatic heterocycles. The van der Waals surface area contributed by atoms with E-state index in [4.69, 9.17) is 0 Å². The number of anilines is 3. The molecule has 3 heterocycles. The van der Waals surface area contributed by atoms with Gasteiger partial charge in [0.1, 0.15) is 24.8 Å². The van der Waals surface area contributed by atoms with Gasteiger partial charge in [-0.2, -0.15) is 5.10 Å². The zero-order valence-electron chi connectivity index (χ0n) is 18.0. The third-order valence-electron chi connectivity index (χ3n) is 5.67. The van der Waals surface area contributed by atoms with E-state index in [0.717, 1.165) is 44.0 Å². The van der Waals surface area contributed by atoms with Crippen molar-refractivity contribution in [3.05, 3.63) is 49.3 Å². The molecule has 1 aliphatic heterocycles. The topological polar surface area (TPSA) is 92.1 Å². The minimum atomic E-state index is -0.0963. The average Bonchev–Trinajstić information content (AvgIpc) is 3.36. The lowest BCUT2D eigenvalue weighted by atomic mass is 9.97. The molecule has 0 radical (unpaired) electrons. The molecule has 1 aliphatic rings. The van der Waals surface area contributed by atoms with E-state index in [-0.39, 0.29) is 11.8 Å². The first-order chi connectivity index (χ1) is 15.2. The van der Waals surface area contributed by atoms with E-state index < -0.39 is 0 Å². The Kier molecular flexibility index (Phi) is 6.40. The van der Waals surface area contributed by atoms with Crippen LogP contribution < -0.4 is 15.1 Å². The van der Waals surface area contributed by atoms with E-state index in [1.165, 1.54) is 18.3 Å². The normalized spacial score (nSPS) is 16.2. The minimum Gasteiger partial charge on any atom is -0.372 e. The second-order valence-electron chi connectivity index (χ2n) is 7.57. The number of carbonyl (C=O) groups is 1. The summed E-state index contributed by atoms with van der Waals surface area (Å²) in [6, 6.07) is 9.94. The molecular formula is C22H28N8O. The molecule has 4 rings (SSSR count). The molecule has 1 saturated heterocycles. The molecule has 0 spiro atoms. The number of aromatic nitrogens is 5. The molecule has 1 N–H and O–H groups in total. The van der Waals surface area contributed by atoms with Gasteiger partial charge in [-0.3, -0.25) is 4.79 Å². The van der Waals surface area contributed by atoms with Crippen molar-refractivity contribution in [1.82, 2.24) is 24.7 Å². The van der Waals surface area contributed by atoms with E-state index in [1.54, 1.807) is 11.0 Å². The van der Waals surface area contributed by atoms with Gasteiger partial charge in [0.2, 0.25) is 5.91 Å². The third-order valence-corrected chi connectivity index (χ3v) is 5.67. The lowest BCUT2D eigenvalue weighted by Crippen LogP contribution is -2.41. The molecular weight excluding hydrogens is 392 g/mol. The van der Waals surface area contributed by atoms with Crippen LogP contribution in [-0.2, 0) is 4.79 Å². The van der Waals surface area contributed by atoms with Crippen molar-refractivity contribution >= 4 is 23.1 Å². The summed E-state index contributed by atoms with van der Waals surface area (Å²) in [5, 5.41) is 7.20. The van der Waals surface area contributed by atoms with Gasteiger partial charge in [-0.25, -0.2) is 19.6 Å². The van der Waals surface area contributed by atoms with Crippen molar-refractivity contribution in [3.8, 4) is 5.82 Å². The van der Waals surface area contributed by atoms with Gasteiger partial charge in [0.15, 0.2) is 5.82 Å². The van der Waals surface area contributed by atoms with Crippen LogP contribution in [0.2, 0.25) is 0 Å². The monoisotopic (exact) mass is 420 g/mol. The minimum absolute atomic E-state index is 0.0471. The third kappa shape index (κ3) is 4.82. The maximum atomic E-state index is 12.9. The van der Waals surface area contributed by atoms with Crippen LogP contribution in [0.3, 0.4) is 0 Å². The number of hydrogen-bond donors (Lipinski definition) is 1. The number of nitrogens with zero attached hydrogens (tertiary/aromatic N) is 7. The summed E-state index contributed by atoms with van der Waals surface area (Å²) in [6.45, 7) is 7.68. The lowest BCUT2D eigenvalue weighted by molar-refractivity contribution is -0.120. The van der Waals surface area contributed by atoms with Gasteiger partial charge in [0.25, 0.3) is 0 Å². The summed E-state index contributed by atoms with van der Waals surface area (Å²) in [5.74, 6) is 1.40. The molecule has 0 saturated carbocycles. The maximum absolute atomic E-state index is 12.9. The Morgan fingerprint density at radius 3 is 2.61 bits per heavy atom. The van der Waals surface area contributed by atoms with Crippen LogP contribution in [0.5, 0.6) is 0 Å². The Morgan fingerprint density at radius 1 is 1.13 bits per heavy atom. The molecule has 3 aromatic rings. The van der Waals surface area contributed by atoms with Crippen LogP contribution in [0, 0.1) is 5.92 Å². The van der Waals surface area contributed by atoms with E-state index in [0.29, 0.717) is 12.4 Å². The van der Waals surface area contributed by atoms with Crippen molar-refractivity contribution in [3.63, 3.8) is 0 Å². The van der Waals surface area contributed by atoms with Gasteiger partial charge in [0, 0.05) is 43.6 Å². The lowest BCUT2D eigenvalue weighted by Gasteiger charge is -2.33. The SMILES string of the molecule is CCN(CC)c1ccc(NC(=O)C2CCCN(c3cc(-n4cncn4)ncn3)C2)cc1. The molecule has 1 amide bonds. The number of piperidine rings is 1. The van der Waals surface area contributed by atoms with Crippen molar-refractivity contribution in [2.75, 3.05) is 41.3 Å². The van der Waals surface area contributed by atoms with Gasteiger partial charge in [-0.05, 0) is 51.0 Å². The highest BCUT2D eigenvalue weighted by Crippen LogP contribution is 2.24. The summed E-state index contributed by atoms with van der Waals surface area (Å²) in [7, 11) is 0. The molecule has 9 heteroatoms. The standard InChI is InChI=1S/C22H28N8O/c1-3-28(4-2)19-9-7-18(8-10-19)27-22(31)17-6-5-11-29(13-17)20-12-21(25-15-24-20)30-16-23-14-26-30/h7-10,12,14-17H,3-6,11,13H2,1-2H3,(H,27,31). The number of rotatable bonds is 7. The smallest absolute Gasteiger partial charge is 0.229 e. The fraction of sp³-hybridized carbons (Fsp3) is 0.409. The summed E-state index contributed by atoms with van der Waals surface area (Å²) in [5.41, 5.74) is 1.99. The summed E-state index contributed by atoms with van der Waals surface area (Å²) in [6.07, 6.45) is 6.39. The van der Waals surface area contributed by atoms with Crippen molar-refractivity contribution in [1.29, 1.82) is 0 Å². The van der Waals surface area contributed by atoms with Crippen LogP contribution in [-0.4, -0.2) is 56.8 Å². The second-order valence-corrected chi connectivity index (χ2v) is 7.57.